The van der Waals surface area contributed by atoms with Crippen molar-refractivity contribution in [1.82, 2.24) is 9.78 Å². The molecule has 1 atom stereocenters. The molecule has 0 fully saturated rings. The van der Waals surface area contributed by atoms with Gasteiger partial charge in [-0.1, -0.05) is 60.7 Å². The van der Waals surface area contributed by atoms with Crippen LogP contribution in [0.2, 0.25) is 0 Å². The van der Waals surface area contributed by atoms with E-state index in [0.717, 1.165) is 5.39 Å². The van der Waals surface area contributed by atoms with Gasteiger partial charge in [-0.05, 0) is 18.2 Å². The maximum atomic E-state index is 15.3. The number of alkyl halides is 1. The summed E-state index contributed by atoms with van der Waals surface area (Å²) in [6.45, 7) is 0. The molecule has 0 aliphatic carbocycles. The van der Waals surface area contributed by atoms with Crippen LogP contribution in [0.4, 0.5) is 4.39 Å². The highest BCUT2D eigenvalue weighted by Gasteiger charge is 2.21. The van der Waals surface area contributed by atoms with Gasteiger partial charge >= 0.3 is 5.97 Å². The van der Waals surface area contributed by atoms with Crippen LogP contribution in [0.1, 0.15) is 22.2 Å². The summed E-state index contributed by atoms with van der Waals surface area (Å²) in [5, 5.41) is 14.4. The number of fused-ring (bicyclic) bond motifs is 1. The van der Waals surface area contributed by atoms with E-state index in [4.69, 9.17) is 5.11 Å². The summed E-state index contributed by atoms with van der Waals surface area (Å²) < 4.78 is 16.6. The zero-order valence-corrected chi connectivity index (χ0v) is 13.7. The van der Waals surface area contributed by atoms with Gasteiger partial charge in [0, 0.05) is 16.5 Å². The number of nitrogens with zero attached hydrogens (tertiary/aromatic N) is 2. The van der Waals surface area contributed by atoms with Gasteiger partial charge in [0.2, 0.25) is 6.30 Å². The van der Waals surface area contributed by atoms with Crippen molar-refractivity contribution < 1.29 is 14.3 Å². The number of hydrogen-bond acceptors (Lipinski definition) is 2. The van der Waals surface area contributed by atoms with E-state index in [0.29, 0.717) is 22.3 Å². The molecule has 4 nitrogen and oxygen atoms in total. The van der Waals surface area contributed by atoms with Crippen molar-refractivity contribution in [3.05, 3.63) is 90.0 Å². The van der Waals surface area contributed by atoms with E-state index in [9.17, 15) is 4.79 Å². The van der Waals surface area contributed by atoms with Gasteiger partial charge in [0.1, 0.15) is 0 Å². The van der Waals surface area contributed by atoms with Gasteiger partial charge in [-0.15, -0.1) is 0 Å². The molecule has 1 unspecified atom stereocenters. The molecule has 1 aromatic heterocycles. The standard InChI is InChI=1S/C21H15FN2O2/c22-20(15-6-2-1-3-7-15)24-19(17-8-4-5-9-18(17)23-24)14-10-12-16(13-11-14)21(25)26/h1-13,20H,(H,25,26). The lowest BCUT2D eigenvalue weighted by Crippen LogP contribution is -2.09. The van der Waals surface area contributed by atoms with Gasteiger partial charge in [-0.2, -0.15) is 5.10 Å². The van der Waals surface area contributed by atoms with Crippen LogP contribution in [0.25, 0.3) is 22.2 Å². The van der Waals surface area contributed by atoms with Crippen LogP contribution >= 0.6 is 0 Å². The third-order valence-electron chi connectivity index (χ3n) is 4.30. The second-order valence-electron chi connectivity index (χ2n) is 5.94. The quantitative estimate of drug-likeness (QED) is 0.571. The van der Waals surface area contributed by atoms with E-state index >= 15 is 4.39 Å². The molecule has 1 heterocycles. The van der Waals surface area contributed by atoms with Crippen molar-refractivity contribution in [2.45, 2.75) is 6.30 Å². The largest absolute Gasteiger partial charge is 0.478 e. The molecule has 3 aromatic carbocycles. The Hall–Kier alpha value is -3.47. The Bertz CT molecular complexity index is 1070. The summed E-state index contributed by atoms with van der Waals surface area (Å²) in [7, 11) is 0. The molecule has 128 valence electrons. The van der Waals surface area contributed by atoms with Crippen molar-refractivity contribution in [1.29, 1.82) is 0 Å². The predicted octanol–water partition coefficient (Wildman–Crippen LogP) is 4.92. The van der Waals surface area contributed by atoms with Gasteiger partial charge in [-0.25, -0.2) is 13.9 Å². The highest BCUT2D eigenvalue weighted by molar-refractivity contribution is 5.94. The van der Waals surface area contributed by atoms with Gasteiger partial charge in [-0.3, -0.25) is 0 Å². The SMILES string of the molecule is O=C(O)c1ccc(-c2c3ccccc3nn2C(F)c2ccccc2)cc1. The minimum atomic E-state index is -1.45. The first-order chi connectivity index (χ1) is 12.6. The fourth-order valence-corrected chi connectivity index (χ4v) is 3.03. The van der Waals surface area contributed by atoms with Gasteiger partial charge in [0.05, 0.1) is 16.8 Å². The number of carbonyl (C=O) groups is 1. The van der Waals surface area contributed by atoms with E-state index in [1.54, 1.807) is 36.4 Å². The monoisotopic (exact) mass is 346 g/mol. The minimum Gasteiger partial charge on any atom is -0.478 e. The van der Waals surface area contributed by atoms with Gasteiger partial charge in [0.15, 0.2) is 0 Å². The second-order valence-corrected chi connectivity index (χ2v) is 5.94. The molecule has 0 aliphatic rings. The number of aromatic nitrogens is 2. The average Bonchev–Trinajstić information content (AvgIpc) is 3.07. The summed E-state index contributed by atoms with van der Waals surface area (Å²) >= 11 is 0. The first kappa shape index (κ1) is 16.0. The zero-order valence-electron chi connectivity index (χ0n) is 13.7. The first-order valence-electron chi connectivity index (χ1n) is 8.15. The second kappa shape index (κ2) is 6.44. The average molecular weight is 346 g/mol. The van der Waals surface area contributed by atoms with E-state index in [1.807, 2.05) is 30.3 Å². The van der Waals surface area contributed by atoms with Crippen molar-refractivity contribution >= 4 is 16.9 Å². The Kier molecular flexibility index (Phi) is 3.97. The molecule has 1 N–H and O–H groups in total. The Labute approximate surface area is 149 Å². The van der Waals surface area contributed by atoms with Crippen molar-refractivity contribution in [3.63, 3.8) is 0 Å². The van der Waals surface area contributed by atoms with Gasteiger partial charge < -0.3 is 5.11 Å². The Morgan fingerprint density at radius 1 is 0.923 bits per heavy atom. The summed E-state index contributed by atoms with van der Waals surface area (Å²) in [5.74, 6) is -0.998. The molecule has 0 bridgehead atoms. The van der Waals surface area contributed by atoms with Crippen LogP contribution in [-0.4, -0.2) is 20.9 Å². The number of aromatic carboxylic acids is 1. The molecule has 0 saturated heterocycles. The minimum absolute atomic E-state index is 0.184. The molecule has 0 spiro atoms. The van der Waals surface area contributed by atoms with Crippen molar-refractivity contribution in [3.8, 4) is 11.3 Å². The van der Waals surface area contributed by atoms with Crippen LogP contribution < -0.4 is 0 Å². The van der Waals surface area contributed by atoms with E-state index in [-0.39, 0.29) is 5.56 Å². The molecule has 0 saturated carbocycles. The van der Waals surface area contributed by atoms with Crippen LogP contribution in [0.15, 0.2) is 78.9 Å². The topological polar surface area (TPSA) is 55.1 Å². The van der Waals surface area contributed by atoms with Crippen molar-refractivity contribution in [2.75, 3.05) is 0 Å². The number of carboxylic acid groups (broad SMARTS) is 1. The van der Waals surface area contributed by atoms with Crippen LogP contribution in [0, 0.1) is 0 Å². The summed E-state index contributed by atoms with van der Waals surface area (Å²) in [4.78, 5) is 11.1. The van der Waals surface area contributed by atoms with E-state index in [2.05, 4.69) is 5.10 Å². The molecular formula is C21H15FN2O2. The first-order valence-corrected chi connectivity index (χ1v) is 8.15. The van der Waals surface area contributed by atoms with Crippen molar-refractivity contribution in [2.24, 2.45) is 0 Å². The molecule has 0 amide bonds. The fraction of sp³-hybridized carbons (Fsp3) is 0.0476. The molecule has 5 heteroatoms. The highest BCUT2D eigenvalue weighted by atomic mass is 19.1. The maximum absolute atomic E-state index is 15.3. The summed E-state index contributed by atoms with van der Waals surface area (Å²) in [6, 6.07) is 22.7. The van der Waals surface area contributed by atoms with Crippen LogP contribution in [0.3, 0.4) is 0 Å². The van der Waals surface area contributed by atoms with Gasteiger partial charge in [0.25, 0.3) is 0 Å². The number of carboxylic acids is 1. The molecular weight excluding hydrogens is 331 g/mol. The lowest BCUT2D eigenvalue weighted by atomic mass is 10.1. The molecule has 26 heavy (non-hydrogen) atoms. The maximum Gasteiger partial charge on any atom is 0.335 e. The zero-order chi connectivity index (χ0) is 18.1. The Morgan fingerprint density at radius 2 is 1.58 bits per heavy atom. The third kappa shape index (κ3) is 2.73. The summed E-state index contributed by atoms with van der Waals surface area (Å²) in [6.07, 6.45) is -1.45. The molecule has 4 rings (SSSR count). The smallest absolute Gasteiger partial charge is 0.335 e. The summed E-state index contributed by atoms with van der Waals surface area (Å²) in [5.41, 5.74) is 2.70. The molecule has 4 aromatic rings. The Morgan fingerprint density at radius 3 is 2.27 bits per heavy atom. The lowest BCUT2D eigenvalue weighted by molar-refractivity contribution is 0.0697. The molecule has 0 aliphatic heterocycles. The fourth-order valence-electron chi connectivity index (χ4n) is 3.03. The third-order valence-corrected chi connectivity index (χ3v) is 4.30. The van der Waals surface area contributed by atoms with Crippen LogP contribution in [-0.2, 0) is 0 Å². The Balaban J connectivity index is 1.91. The lowest BCUT2D eigenvalue weighted by Gasteiger charge is -2.13. The van der Waals surface area contributed by atoms with E-state index < -0.39 is 12.3 Å². The number of benzene rings is 3. The number of rotatable bonds is 4. The number of hydrogen-bond donors (Lipinski definition) is 1. The molecule has 0 radical (unpaired) electrons. The number of halogens is 1. The van der Waals surface area contributed by atoms with E-state index in [1.165, 1.54) is 16.8 Å². The predicted molar refractivity (Wildman–Crippen MR) is 97.8 cm³/mol. The highest BCUT2D eigenvalue weighted by Crippen LogP contribution is 2.33. The van der Waals surface area contributed by atoms with Crippen LogP contribution in [0.5, 0.6) is 0 Å². The normalized spacial score (nSPS) is 12.2.